The Bertz CT molecular complexity index is 1250. The van der Waals surface area contributed by atoms with Crippen LogP contribution in [0.2, 0.25) is 0 Å². The molecule has 0 aliphatic carbocycles. The molecule has 1 aliphatic heterocycles. The van der Waals surface area contributed by atoms with Crippen molar-refractivity contribution in [3.8, 4) is 5.75 Å². The molecule has 202 valence electrons. The van der Waals surface area contributed by atoms with Gasteiger partial charge in [0.1, 0.15) is 18.0 Å². The van der Waals surface area contributed by atoms with E-state index >= 15 is 0 Å². The molecule has 3 aromatic rings. The van der Waals surface area contributed by atoms with E-state index in [2.05, 4.69) is 22.5 Å². The highest BCUT2D eigenvalue weighted by molar-refractivity contribution is 6.62. The molecule has 0 radical (unpaired) electrons. The normalized spacial score (nSPS) is 16.3. The molecule has 1 aliphatic rings. The second-order valence-electron chi connectivity index (χ2n) is 11.7. The van der Waals surface area contributed by atoms with Crippen LogP contribution in [0.1, 0.15) is 65.2 Å². The number of hydrogen-bond acceptors (Lipinski definition) is 6. The first-order valence-corrected chi connectivity index (χ1v) is 12.9. The van der Waals surface area contributed by atoms with E-state index in [0.29, 0.717) is 19.7 Å². The van der Waals surface area contributed by atoms with Crippen LogP contribution in [0.4, 0.5) is 4.79 Å². The van der Waals surface area contributed by atoms with Gasteiger partial charge in [-0.25, -0.2) is 4.79 Å². The van der Waals surface area contributed by atoms with Gasteiger partial charge in [0.25, 0.3) is 0 Å². The minimum atomic E-state index is -0.531. The number of benzene rings is 2. The molecular formula is C29H38BN3O5. The summed E-state index contributed by atoms with van der Waals surface area (Å²) >= 11 is 0. The van der Waals surface area contributed by atoms with Crippen molar-refractivity contribution in [1.29, 1.82) is 0 Å². The Morgan fingerprint density at radius 1 is 1.00 bits per heavy atom. The van der Waals surface area contributed by atoms with Crippen LogP contribution in [0.25, 0.3) is 0 Å². The molecule has 2 heterocycles. The van der Waals surface area contributed by atoms with Gasteiger partial charge in [0, 0.05) is 24.4 Å². The van der Waals surface area contributed by atoms with Crippen molar-refractivity contribution in [2.75, 3.05) is 0 Å². The zero-order chi connectivity index (χ0) is 27.6. The summed E-state index contributed by atoms with van der Waals surface area (Å²) in [4.78, 5) is 11.9. The van der Waals surface area contributed by atoms with Gasteiger partial charge in [-0.1, -0.05) is 36.4 Å². The lowest BCUT2D eigenvalue weighted by molar-refractivity contribution is 0.00578. The maximum Gasteiger partial charge on any atom is 0.498 e. The molecule has 1 aromatic heterocycles. The van der Waals surface area contributed by atoms with Gasteiger partial charge in [-0.3, -0.25) is 4.68 Å². The third-order valence-electron chi connectivity index (χ3n) is 6.65. The largest absolute Gasteiger partial charge is 0.498 e. The predicted molar refractivity (Wildman–Crippen MR) is 147 cm³/mol. The number of alkyl carbamates (subject to hydrolysis) is 1. The van der Waals surface area contributed by atoms with Gasteiger partial charge >= 0.3 is 13.2 Å². The number of carbonyl (C=O) groups excluding carboxylic acids is 1. The van der Waals surface area contributed by atoms with Gasteiger partial charge in [-0.05, 0) is 77.3 Å². The third kappa shape index (κ3) is 7.17. The molecule has 0 atom stereocenters. The smallest absolute Gasteiger partial charge is 0.489 e. The Morgan fingerprint density at radius 3 is 2.37 bits per heavy atom. The number of aromatic nitrogens is 2. The highest BCUT2D eigenvalue weighted by atomic mass is 16.7. The Hall–Kier alpha value is -3.30. The van der Waals surface area contributed by atoms with Crippen LogP contribution in [0.5, 0.6) is 5.75 Å². The van der Waals surface area contributed by atoms with E-state index < -0.39 is 18.8 Å². The van der Waals surface area contributed by atoms with Gasteiger partial charge < -0.3 is 24.1 Å². The molecule has 2 aromatic carbocycles. The van der Waals surface area contributed by atoms with E-state index in [9.17, 15) is 4.79 Å². The lowest BCUT2D eigenvalue weighted by atomic mass is 9.82. The molecule has 0 bridgehead atoms. The summed E-state index contributed by atoms with van der Waals surface area (Å²) in [7, 11) is -0.427. The van der Waals surface area contributed by atoms with Crippen molar-refractivity contribution in [2.24, 2.45) is 0 Å². The second kappa shape index (κ2) is 10.8. The van der Waals surface area contributed by atoms with E-state index in [4.69, 9.17) is 18.8 Å². The minimum absolute atomic E-state index is 0.361. The first-order valence-electron chi connectivity index (χ1n) is 12.9. The van der Waals surface area contributed by atoms with Crippen molar-refractivity contribution < 1.29 is 23.6 Å². The number of amides is 1. The summed E-state index contributed by atoms with van der Waals surface area (Å²) in [6, 6.07) is 15.9. The van der Waals surface area contributed by atoms with Crippen LogP contribution >= 0.6 is 0 Å². The van der Waals surface area contributed by atoms with Crippen LogP contribution in [0.3, 0.4) is 0 Å². The Kier molecular flexibility index (Phi) is 7.90. The van der Waals surface area contributed by atoms with Gasteiger partial charge in [0.2, 0.25) is 0 Å². The van der Waals surface area contributed by atoms with Gasteiger partial charge in [-0.2, -0.15) is 5.10 Å². The van der Waals surface area contributed by atoms with Crippen LogP contribution in [0.15, 0.2) is 60.9 Å². The van der Waals surface area contributed by atoms with Gasteiger partial charge in [-0.15, -0.1) is 0 Å². The van der Waals surface area contributed by atoms with E-state index in [1.54, 1.807) is 6.20 Å². The highest BCUT2D eigenvalue weighted by Crippen LogP contribution is 2.36. The van der Waals surface area contributed by atoms with Crippen molar-refractivity contribution in [3.63, 3.8) is 0 Å². The predicted octanol–water partition coefficient (Wildman–Crippen LogP) is 4.83. The molecule has 0 saturated carbocycles. The van der Waals surface area contributed by atoms with Crippen LogP contribution in [0, 0.1) is 0 Å². The molecule has 0 spiro atoms. The summed E-state index contributed by atoms with van der Waals surface area (Å²) in [5.74, 6) is 0.734. The first-order chi connectivity index (χ1) is 17.8. The third-order valence-corrected chi connectivity index (χ3v) is 6.65. The molecular weight excluding hydrogens is 481 g/mol. The number of ether oxygens (including phenoxy) is 2. The topological polar surface area (TPSA) is 83.8 Å². The molecule has 1 fully saturated rings. The van der Waals surface area contributed by atoms with E-state index in [1.807, 2.05) is 95.7 Å². The van der Waals surface area contributed by atoms with Crippen molar-refractivity contribution in [1.82, 2.24) is 15.1 Å². The van der Waals surface area contributed by atoms with Gasteiger partial charge in [0.05, 0.1) is 17.7 Å². The molecule has 4 rings (SSSR count). The van der Waals surface area contributed by atoms with E-state index in [0.717, 1.165) is 27.9 Å². The fourth-order valence-corrected chi connectivity index (χ4v) is 3.97. The maximum atomic E-state index is 11.9. The number of hydrogen-bond donors (Lipinski definition) is 1. The van der Waals surface area contributed by atoms with E-state index in [-0.39, 0.29) is 11.2 Å². The van der Waals surface area contributed by atoms with Crippen LogP contribution < -0.4 is 15.5 Å². The Labute approximate surface area is 225 Å². The summed E-state index contributed by atoms with van der Waals surface area (Å²) in [5, 5.41) is 7.29. The van der Waals surface area contributed by atoms with Crippen molar-refractivity contribution in [2.45, 2.75) is 85.0 Å². The highest BCUT2D eigenvalue weighted by Gasteiger charge is 2.52. The lowest BCUT2D eigenvalue weighted by Crippen LogP contribution is -2.41. The quantitative estimate of drug-likeness (QED) is 0.429. The first kappa shape index (κ1) is 27.7. The van der Waals surface area contributed by atoms with E-state index in [1.165, 1.54) is 0 Å². The molecule has 38 heavy (non-hydrogen) atoms. The van der Waals surface area contributed by atoms with Gasteiger partial charge in [0.15, 0.2) is 0 Å². The number of carbonyl (C=O) groups is 1. The molecule has 1 saturated heterocycles. The van der Waals surface area contributed by atoms with Crippen LogP contribution in [-0.2, 0) is 33.7 Å². The molecule has 9 heteroatoms. The van der Waals surface area contributed by atoms with Crippen molar-refractivity contribution in [3.05, 3.63) is 77.6 Å². The van der Waals surface area contributed by atoms with Crippen LogP contribution in [-0.4, -0.2) is 39.8 Å². The Balaban J connectivity index is 1.31. The average molecular weight is 519 g/mol. The number of nitrogens with one attached hydrogen (secondary N) is 1. The second-order valence-corrected chi connectivity index (χ2v) is 11.7. The van der Waals surface area contributed by atoms with Crippen molar-refractivity contribution >= 4 is 18.7 Å². The maximum absolute atomic E-state index is 11.9. The lowest BCUT2D eigenvalue weighted by Gasteiger charge is -2.32. The zero-order valence-electron chi connectivity index (χ0n) is 23.4. The standard InChI is InChI=1S/C29H38BN3O5/c1-27(2,3)36-26(34)31-16-21-10-9-13-25(15-21)35-20-23-12-8-11-22(14-23)18-33-19-24(17-32-33)30-37-28(4,5)29(6,7)38-30/h8-15,17,19H,16,18,20H2,1-7H3,(H,31,34). The summed E-state index contributed by atoms with van der Waals surface area (Å²) in [5.41, 5.74) is 2.70. The molecule has 1 N–H and O–H groups in total. The molecule has 8 nitrogen and oxygen atoms in total. The summed E-state index contributed by atoms with van der Waals surface area (Å²) < 4.78 is 25.5. The molecule has 0 unspecified atom stereocenters. The fourth-order valence-electron chi connectivity index (χ4n) is 3.97. The zero-order valence-corrected chi connectivity index (χ0v) is 23.4. The number of nitrogens with zero attached hydrogens (tertiary/aromatic N) is 2. The minimum Gasteiger partial charge on any atom is -0.489 e. The average Bonchev–Trinajstić information content (AvgIpc) is 3.37. The fraction of sp³-hybridized carbons (Fsp3) is 0.448. The SMILES string of the molecule is CC(C)(C)OC(=O)NCc1cccc(OCc2cccc(Cn3cc(B4OC(C)(C)C(C)(C)O4)cn3)c2)c1. The summed E-state index contributed by atoms with van der Waals surface area (Å²) in [6.45, 7) is 15.1. The number of rotatable bonds is 8. The monoisotopic (exact) mass is 519 g/mol. The molecule has 1 amide bonds. The summed E-state index contributed by atoms with van der Waals surface area (Å²) in [6.07, 6.45) is 3.34. The Morgan fingerprint density at radius 2 is 1.66 bits per heavy atom.